The Kier molecular flexibility index (Phi) is 6.21. The van der Waals surface area contributed by atoms with Crippen LogP contribution in [0.3, 0.4) is 0 Å². The zero-order valence-electron chi connectivity index (χ0n) is 20.0. The predicted molar refractivity (Wildman–Crippen MR) is 146 cm³/mol. The molecule has 6 rings (SSSR count). The minimum atomic E-state index is -2.93. The number of hydrogen-bond acceptors (Lipinski definition) is 6. The first-order valence-corrected chi connectivity index (χ1v) is 13.3. The summed E-state index contributed by atoms with van der Waals surface area (Å²) >= 11 is -2.93. The molecule has 5 aromatic rings. The maximum atomic E-state index is 6.52. The van der Waals surface area contributed by atoms with Gasteiger partial charge in [0.05, 0.1) is 13.3 Å². The quantitative estimate of drug-likeness (QED) is 0.185. The van der Waals surface area contributed by atoms with Crippen LogP contribution in [0.25, 0.3) is 27.9 Å². The molecule has 3 aromatic carbocycles. The maximum absolute atomic E-state index is 6.52. The lowest BCUT2D eigenvalue weighted by atomic mass is 10.1. The van der Waals surface area contributed by atoms with Crippen LogP contribution in [0.2, 0.25) is 0 Å². The van der Waals surface area contributed by atoms with Crippen LogP contribution >= 0.6 is 0 Å². The molecule has 0 radical (unpaired) electrons. The summed E-state index contributed by atoms with van der Waals surface area (Å²) in [5, 5.41) is 1.90. The first-order chi connectivity index (χ1) is 18.2. The third-order valence-electron chi connectivity index (χ3n) is 6.17. The van der Waals surface area contributed by atoms with Gasteiger partial charge in [-0.05, 0) is 41.5 Å². The fourth-order valence-corrected chi connectivity index (χ4v) is 5.77. The monoisotopic (exact) mass is 502 g/mol. The molecule has 1 aliphatic heterocycles. The number of rotatable bonds is 7. The molecule has 37 heavy (non-hydrogen) atoms. The van der Waals surface area contributed by atoms with E-state index in [9.17, 15) is 0 Å². The molecule has 0 fully saturated rings. The SMILES string of the molecule is C=[N+]1[CH-]C=Cc2cccc([O][Al]([O]c3cccc4cccnc34)[O]c3ccc(CN)c4cccnc34)c21. The molecule has 0 amide bonds. The van der Waals surface area contributed by atoms with E-state index < -0.39 is 15.1 Å². The zero-order chi connectivity index (χ0) is 25.2. The van der Waals surface area contributed by atoms with Gasteiger partial charge in [0.25, 0.3) is 0 Å². The Morgan fingerprint density at radius 1 is 0.811 bits per heavy atom. The van der Waals surface area contributed by atoms with Crippen molar-refractivity contribution in [3.63, 3.8) is 0 Å². The second-order valence-electron chi connectivity index (χ2n) is 8.47. The molecule has 0 aliphatic carbocycles. The highest BCUT2D eigenvalue weighted by molar-refractivity contribution is 6.40. The third-order valence-corrected chi connectivity index (χ3v) is 7.51. The Labute approximate surface area is 219 Å². The number of aromatic nitrogens is 2. The van der Waals surface area contributed by atoms with Crippen molar-refractivity contribution in [2.45, 2.75) is 6.54 Å². The van der Waals surface area contributed by atoms with E-state index in [0.29, 0.717) is 29.3 Å². The van der Waals surface area contributed by atoms with Crippen molar-refractivity contribution in [3.8, 4) is 17.2 Å². The molecule has 2 aromatic heterocycles. The maximum Gasteiger partial charge on any atom is 1.20 e. The van der Waals surface area contributed by atoms with Gasteiger partial charge in [-0.1, -0.05) is 48.5 Å². The van der Waals surface area contributed by atoms with Crippen LogP contribution in [0.15, 0.2) is 91.3 Å². The van der Waals surface area contributed by atoms with Gasteiger partial charge in [0.15, 0.2) is 5.69 Å². The minimum Gasteiger partial charge on any atom is -0.580 e. The van der Waals surface area contributed by atoms with Crippen LogP contribution in [0, 0.1) is 6.54 Å². The van der Waals surface area contributed by atoms with Crippen LogP contribution in [0.4, 0.5) is 5.69 Å². The Balaban J connectivity index is 1.43. The molecule has 180 valence electrons. The van der Waals surface area contributed by atoms with Crippen molar-refractivity contribution in [2.24, 2.45) is 5.73 Å². The summed E-state index contributed by atoms with van der Waals surface area (Å²) < 4.78 is 21.3. The van der Waals surface area contributed by atoms with Gasteiger partial charge < -0.3 is 17.1 Å². The van der Waals surface area contributed by atoms with E-state index in [1.807, 2.05) is 91.5 Å². The van der Waals surface area contributed by atoms with Crippen molar-refractivity contribution in [1.82, 2.24) is 9.97 Å². The highest BCUT2D eigenvalue weighted by Crippen LogP contribution is 2.36. The summed E-state index contributed by atoms with van der Waals surface area (Å²) in [6.45, 7) is 6.40. The summed E-state index contributed by atoms with van der Waals surface area (Å²) in [6.07, 6.45) is 7.44. The number of hydrogen-bond donors (Lipinski definition) is 1. The fraction of sp³-hybridized carbons (Fsp3) is 0.0345. The lowest BCUT2D eigenvalue weighted by molar-refractivity contribution is -0.378. The number of nitrogens with zero attached hydrogens (tertiary/aromatic N) is 3. The molecule has 0 bridgehead atoms. The van der Waals surface area contributed by atoms with Gasteiger partial charge in [0, 0.05) is 29.7 Å². The van der Waals surface area contributed by atoms with E-state index in [4.69, 9.17) is 17.1 Å². The Morgan fingerprint density at radius 2 is 1.51 bits per heavy atom. The number of nitrogens with two attached hydrogens (primary N) is 1. The topological polar surface area (TPSA) is 82.5 Å². The number of pyridine rings is 2. The van der Waals surface area contributed by atoms with Crippen molar-refractivity contribution in [2.75, 3.05) is 0 Å². The van der Waals surface area contributed by atoms with E-state index in [1.165, 1.54) is 0 Å². The molecule has 2 N–H and O–H groups in total. The molecule has 0 saturated heterocycles. The Morgan fingerprint density at radius 3 is 2.38 bits per heavy atom. The van der Waals surface area contributed by atoms with Crippen molar-refractivity contribution < 1.29 is 15.9 Å². The van der Waals surface area contributed by atoms with Gasteiger partial charge in [-0.15, -0.1) is 6.08 Å². The highest BCUT2D eigenvalue weighted by Gasteiger charge is 2.46. The summed E-state index contributed by atoms with van der Waals surface area (Å²) in [5.74, 6) is 1.78. The zero-order valence-corrected chi connectivity index (χ0v) is 21.1. The molecule has 0 spiro atoms. The van der Waals surface area contributed by atoms with Gasteiger partial charge in [0.2, 0.25) is 0 Å². The van der Waals surface area contributed by atoms with Gasteiger partial charge in [-0.25, -0.2) is 0 Å². The first kappa shape index (κ1) is 23.1. The largest absolute Gasteiger partial charge is 1.20 e. The molecular weight excluding hydrogens is 479 g/mol. The normalized spacial score (nSPS) is 12.2. The smallest absolute Gasteiger partial charge is 0.580 e. The van der Waals surface area contributed by atoms with Gasteiger partial charge in [0.1, 0.15) is 28.3 Å². The predicted octanol–water partition coefficient (Wildman–Crippen LogP) is 5.30. The minimum absolute atomic E-state index is 0.400. The fourth-order valence-electron chi connectivity index (χ4n) is 4.43. The van der Waals surface area contributed by atoms with E-state index >= 15 is 0 Å². The summed E-state index contributed by atoms with van der Waals surface area (Å²) in [4.78, 5) is 9.11. The third kappa shape index (κ3) is 4.50. The van der Waals surface area contributed by atoms with Crippen LogP contribution in [-0.4, -0.2) is 36.4 Å². The molecule has 0 unspecified atom stereocenters. The van der Waals surface area contributed by atoms with Crippen molar-refractivity contribution in [1.29, 1.82) is 0 Å². The molecule has 0 atom stereocenters. The average molecular weight is 503 g/mol. The lowest BCUT2D eigenvalue weighted by Gasteiger charge is -2.22. The highest BCUT2D eigenvalue weighted by atomic mass is 27.3. The number of para-hydroxylation sites is 2. The standard InChI is InChI=1S/C10H10N2O.C10H9NO.C9H7NO.Al/c11-6-7-3-4-9(13)10-8(7)2-1-5-12-10;1-11-7-3-5-8-4-2-6-9(12)10(8)11;11-8-5-1-3-7-4-2-6-10-9(7)8;/h1-5,13H,6,11H2;2-7,12H,1H2;1-6,11H;/q;;;+3/p-3. The molecule has 8 heteroatoms. The summed E-state index contributed by atoms with van der Waals surface area (Å²) in [7, 11) is 0. The Hall–Kier alpha value is -4.35. The summed E-state index contributed by atoms with van der Waals surface area (Å²) in [5.41, 5.74) is 10.2. The van der Waals surface area contributed by atoms with E-state index in [0.717, 1.165) is 33.1 Å². The van der Waals surface area contributed by atoms with Crippen molar-refractivity contribution >= 4 is 55.4 Å². The van der Waals surface area contributed by atoms with E-state index in [1.54, 1.807) is 17.0 Å². The second kappa shape index (κ2) is 9.96. The van der Waals surface area contributed by atoms with Crippen LogP contribution in [-0.2, 0) is 6.54 Å². The second-order valence-corrected chi connectivity index (χ2v) is 9.76. The molecule has 3 heterocycles. The summed E-state index contributed by atoms with van der Waals surface area (Å²) in [6, 6.07) is 23.2. The van der Waals surface area contributed by atoms with Crippen molar-refractivity contribution in [3.05, 3.63) is 109 Å². The number of fused-ring (bicyclic) bond motifs is 3. The van der Waals surface area contributed by atoms with Gasteiger partial charge >= 0.3 is 15.1 Å². The van der Waals surface area contributed by atoms with Crippen LogP contribution in [0.5, 0.6) is 17.2 Å². The molecule has 7 nitrogen and oxygen atoms in total. The van der Waals surface area contributed by atoms with Gasteiger partial charge in [-0.3, -0.25) is 14.5 Å². The number of benzene rings is 3. The first-order valence-electron chi connectivity index (χ1n) is 11.9. The molecule has 0 saturated carbocycles. The van der Waals surface area contributed by atoms with E-state index in [-0.39, 0.29) is 0 Å². The lowest BCUT2D eigenvalue weighted by Crippen LogP contribution is -2.37. The average Bonchev–Trinajstić information content (AvgIpc) is 2.93. The van der Waals surface area contributed by atoms with Crippen LogP contribution < -0.4 is 17.1 Å². The Bertz CT molecular complexity index is 1670. The molecule has 1 aliphatic rings. The molecular formula is C29H23AlN4O3. The van der Waals surface area contributed by atoms with Crippen LogP contribution in [0.1, 0.15) is 11.1 Å². The van der Waals surface area contributed by atoms with Gasteiger partial charge in [-0.2, -0.15) is 0 Å². The van der Waals surface area contributed by atoms with E-state index in [2.05, 4.69) is 16.7 Å².